The van der Waals surface area contributed by atoms with Gasteiger partial charge in [-0.05, 0) is 19.3 Å². The van der Waals surface area contributed by atoms with Crippen molar-refractivity contribution >= 4 is 5.97 Å². The Balaban J connectivity index is 2.30. The van der Waals surface area contributed by atoms with Crippen LogP contribution in [0.4, 0.5) is 0 Å². The first-order valence-corrected chi connectivity index (χ1v) is 5.37. The van der Waals surface area contributed by atoms with Crippen molar-refractivity contribution < 1.29 is 14.3 Å². The molecule has 2 rings (SSSR count). The lowest BCUT2D eigenvalue weighted by Gasteiger charge is -2.22. The number of carbonyl (C=O) groups is 1. The summed E-state index contributed by atoms with van der Waals surface area (Å²) in [4.78, 5) is 14.8. The van der Waals surface area contributed by atoms with Gasteiger partial charge in [0, 0.05) is 5.41 Å². The summed E-state index contributed by atoms with van der Waals surface area (Å²) in [7, 11) is 0. The zero-order valence-electron chi connectivity index (χ0n) is 8.82. The third-order valence-corrected chi connectivity index (χ3v) is 3.41. The van der Waals surface area contributed by atoms with Gasteiger partial charge in [-0.15, -0.1) is 0 Å². The summed E-state index contributed by atoms with van der Waals surface area (Å²) >= 11 is 0. The summed E-state index contributed by atoms with van der Waals surface area (Å²) in [5.41, 5.74) is 0.0120. The Labute approximate surface area is 88.3 Å². The van der Waals surface area contributed by atoms with E-state index in [2.05, 4.69) is 11.9 Å². The second-order valence-corrected chi connectivity index (χ2v) is 4.18. The van der Waals surface area contributed by atoms with E-state index in [4.69, 9.17) is 9.52 Å². The summed E-state index contributed by atoms with van der Waals surface area (Å²) in [6, 6.07) is 0. The van der Waals surface area contributed by atoms with Crippen molar-refractivity contribution in [3.63, 3.8) is 0 Å². The van der Waals surface area contributed by atoms with Crippen LogP contribution in [0.15, 0.2) is 10.7 Å². The maximum Gasteiger partial charge on any atom is 0.357 e. The summed E-state index contributed by atoms with van der Waals surface area (Å²) < 4.78 is 5.31. The van der Waals surface area contributed by atoms with Gasteiger partial charge < -0.3 is 9.52 Å². The molecule has 0 amide bonds. The Hall–Kier alpha value is -1.32. The van der Waals surface area contributed by atoms with E-state index in [1.807, 2.05) is 0 Å². The molecular weight excluding hydrogens is 194 g/mol. The van der Waals surface area contributed by atoms with Crippen molar-refractivity contribution in [2.45, 2.75) is 44.4 Å². The molecule has 1 fully saturated rings. The maximum absolute atomic E-state index is 10.7. The van der Waals surface area contributed by atoms with Crippen LogP contribution in [0.1, 0.15) is 55.4 Å². The van der Waals surface area contributed by atoms with Crippen molar-refractivity contribution in [3.05, 3.63) is 17.8 Å². The Kier molecular flexibility index (Phi) is 2.50. The van der Waals surface area contributed by atoms with E-state index in [1.165, 1.54) is 19.1 Å². The molecule has 0 unspecified atom stereocenters. The molecule has 4 nitrogen and oxygen atoms in total. The molecule has 1 aliphatic carbocycles. The van der Waals surface area contributed by atoms with E-state index in [0.29, 0.717) is 5.89 Å². The molecule has 0 aromatic carbocycles. The molecule has 1 saturated carbocycles. The number of carboxylic acids is 1. The minimum absolute atomic E-state index is 0.00625. The molecule has 4 heteroatoms. The van der Waals surface area contributed by atoms with Gasteiger partial charge in [-0.2, -0.15) is 0 Å². The van der Waals surface area contributed by atoms with E-state index < -0.39 is 5.97 Å². The van der Waals surface area contributed by atoms with Gasteiger partial charge >= 0.3 is 5.97 Å². The van der Waals surface area contributed by atoms with Crippen LogP contribution >= 0.6 is 0 Å². The third kappa shape index (κ3) is 1.64. The molecule has 1 N–H and O–H groups in total. The average Bonchev–Trinajstić information content (AvgIpc) is 2.87. The third-order valence-electron chi connectivity index (χ3n) is 3.41. The molecule has 82 valence electrons. The highest BCUT2D eigenvalue weighted by Crippen LogP contribution is 2.43. The second-order valence-electron chi connectivity index (χ2n) is 4.18. The molecule has 0 atom stereocenters. The van der Waals surface area contributed by atoms with E-state index in [1.54, 1.807) is 0 Å². The van der Waals surface area contributed by atoms with Gasteiger partial charge in [-0.25, -0.2) is 9.78 Å². The maximum atomic E-state index is 10.7. The molecule has 15 heavy (non-hydrogen) atoms. The Morgan fingerprint density at radius 1 is 1.60 bits per heavy atom. The zero-order valence-corrected chi connectivity index (χ0v) is 8.82. The number of aromatic nitrogens is 1. The number of rotatable bonds is 3. The molecule has 1 heterocycles. The van der Waals surface area contributed by atoms with Crippen LogP contribution in [0.5, 0.6) is 0 Å². The average molecular weight is 209 g/mol. The number of aromatic carboxylic acids is 1. The number of oxazole rings is 1. The molecule has 0 spiro atoms. The molecule has 1 aromatic heterocycles. The van der Waals surface area contributed by atoms with Crippen LogP contribution in [0, 0.1) is 0 Å². The zero-order chi connectivity index (χ0) is 10.9. The highest BCUT2D eigenvalue weighted by molar-refractivity contribution is 5.84. The molecule has 0 saturated heterocycles. The fourth-order valence-corrected chi connectivity index (χ4v) is 2.39. The first-order valence-electron chi connectivity index (χ1n) is 5.37. The quantitative estimate of drug-likeness (QED) is 0.831. The van der Waals surface area contributed by atoms with Crippen LogP contribution in [0.2, 0.25) is 0 Å². The molecule has 0 radical (unpaired) electrons. The topological polar surface area (TPSA) is 63.3 Å². The molecule has 0 aliphatic heterocycles. The van der Waals surface area contributed by atoms with Gasteiger partial charge in [0.2, 0.25) is 5.89 Å². The number of hydrogen-bond acceptors (Lipinski definition) is 3. The lowest BCUT2D eigenvalue weighted by Crippen LogP contribution is -2.21. The second kappa shape index (κ2) is 3.68. The molecular formula is C11H15NO3. The predicted molar refractivity (Wildman–Crippen MR) is 53.9 cm³/mol. The van der Waals surface area contributed by atoms with Crippen LogP contribution in [-0.4, -0.2) is 16.1 Å². The standard InChI is InChI=1S/C11H15NO3/c1-2-11(5-3-4-6-11)10-12-8(7-15-10)9(13)14/h7H,2-6H2,1H3,(H,13,14). The number of carboxylic acid groups (broad SMARTS) is 1. The van der Waals surface area contributed by atoms with Crippen LogP contribution in [0.25, 0.3) is 0 Å². The molecule has 1 aliphatic rings. The smallest absolute Gasteiger partial charge is 0.357 e. The van der Waals surface area contributed by atoms with Crippen molar-refractivity contribution in [2.24, 2.45) is 0 Å². The molecule has 1 aromatic rings. The molecule has 0 bridgehead atoms. The summed E-state index contributed by atoms with van der Waals surface area (Å²) in [5.74, 6) is -0.408. The highest BCUT2D eigenvalue weighted by Gasteiger charge is 2.38. The van der Waals surface area contributed by atoms with Crippen molar-refractivity contribution in [3.8, 4) is 0 Å². The predicted octanol–water partition coefficient (Wildman–Crippen LogP) is 2.59. The van der Waals surface area contributed by atoms with Gasteiger partial charge in [-0.3, -0.25) is 0 Å². The largest absolute Gasteiger partial charge is 0.476 e. The van der Waals surface area contributed by atoms with Crippen molar-refractivity contribution in [2.75, 3.05) is 0 Å². The minimum atomic E-state index is -1.02. The fraction of sp³-hybridized carbons (Fsp3) is 0.636. The van der Waals surface area contributed by atoms with Gasteiger partial charge in [0.05, 0.1) is 0 Å². The van der Waals surface area contributed by atoms with E-state index >= 15 is 0 Å². The van der Waals surface area contributed by atoms with E-state index in [0.717, 1.165) is 19.3 Å². The summed E-state index contributed by atoms with van der Waals surface area (Å²) in [5, 5.41) is 8.78. The van der Waals surface area contributed by atoms with Crippen molar-refractivity contribution in [1.82, 2.24) is 4.98 Å². The Morgan fingerprint density at radius 3 is 2.73 bits per heavy atom. The van der Waals surface area contributed by atoms with Crippen LogP contribution < -0.4 is 0 Å². The first-order chi connectivity index (χ1) is 7.18. The fourth-order valence-electron chi connectivity index (χ4n) is 2.39. The van der Waals surface area contributed by atoms with Gasteiger partial charge in [0.25, 0.3) is 0 Å². The number of hydrogen-bond donors (Lipinski definition) is 1. The Morgan fingerprint density at radius 2 is 2.27 bits per heavy atom. The number of nitrogens with zero attached hydrogens (tertiary/aromatic N) is 1. The van der Waals surface area contributed by atoms with Crippen LogP contribution in [0.3, 0.4) is 0 Å². The van der Waals surface area contributed by atoms with Crippen LogP contribution in [-0.2, 0) is 5.41 Å². The first kappa shape index (κ1) is 10.2. The van der Waals surface area contributed by atoms with Crippen molar-refractivity contribution in [1.29, 1.82) is 0 Å². The Bertz CT molecular complexity index is 364. The minimum Gasteiger partial charge on any atom is -0.476 e. The SMILES string of the molecule is CCC1(c2nc(C(=O)O)co2)CCCC1. The summed E-state index contributed by atoms with van der Waals surface area (Å²) in [6.07, 6.45) is 6.68. The van der Waals surface area contributed by atoms with Gasteiger partial charge in [0.1, 0.15) is 6.26 Å². The highest BCUT2D eigenvalue weighted by atomic mass is 16.4. The lowest BCUT2D eigenvalue weighted by atomic mass is 9.83. The van der Waals surface area contributed by atoms with Gasteiger partial charge in [0.15, 0.2) is 5.69 Å². The normalized spacial score (nSPS) is 19.3. The summed E-state index contributed by atoms with van der Waals surface area (Å²) in [6.45, 7) is 2.11. The van der Waals surface area contributed by atoms with Gasteiger partial charge in [-0.1, -0.05) is 19.8 Å². The monoisotopic (exact) mass is 209 g/mol. The van der Waals surface area contributed by atoms with E-state index in [-0.39, 0.29) is 11.1 Å². The lowest BCUT2D eigenvalue weighted by molar-refractivity contribution is 0.0690. The van der Waals surface area contributed by atoms with E-state index in [9.17, 15) is 4.79 Å².